The van der Waals surface area contributed by atoms with Crippen molar-refractivity contribution >= 4 is 11.2 Å². The fraction of sp³-hybridized carbons (Fsp3) is 0.500. The Morgan fingerprint density at radius 3 is 2.70 bits per heavy atom. The zero-order valence-corrected chi connectivity index (χ0v) is 10.2. The highest BCUT2D eigenvalue weighted by Gasteiger charge is 2.44. The van der Waals surface area contributed by atoms with E-state index in [1.165, 1.54) is 10.9 Å². The van der Waals surface area contributed by atoms with E-state index in [1.54, 1.807) is 0 Å². The number of fused-ring (bicyclic) bond motifs is 1. The van der Waals surface area contributed by atoms with Gasteiger partial charge in [0.15, 0.2) is 17.4 Å². The van der Waals surface area contributed by atoms with Crippen LogP contribution in [0.4, 0.5) is 0 Å². The van der Waals surface area contributed by atoms with E-state index in [9.17, 15) is 15.0 Å². The second-order valence-electron chi connectivity index (χ2n) is 4.51. The van der Waals surface area contributed by atoms with Gasteiger partial charge in [0.25, 0.3) is 5.56 Å². The lowest BCUT2D eigenvalue weighted by atomic mass is 10.1. The van der Waals surface area contributed by atoms with Crippen molar-refractivity contribution in [1.82, 2.24) is 19.2 Å². The number of aliphatic hydroxyl groups is 3. The summed E-state index contributed by atoms with van der Waals surface area (Å²) in [6.45, 7) is -0.440. The standard InChI is InChI=1S/C10H13N5O5/c11-15-3-13-8-5(9(15)19)12-2-14(8)10-7(18)6(17)4(1-16)20-10/h2-4,6-7,10,16-18H,1,11H2/t4-,6-,7-,10-/m1/s1. The minimum atomic E-state index is -1.27. The van der Waals surface area contributed by atoms with Crippen LogP contribution in [0.25, 0.3) is 11.2 Å². The minimum Gasteiger partial charge on any atom is -0.394 e. The summed E-state index contributed by atoms with van der Waals surface area (Å²) in [5, 5.41) is 28.7. The number of hydrogen-bond acceptors (Lipinski definition) is 8. The van der Waals surface area contributed by atoms with Gasteiger partial charge in [0.05, 0.1) is 12.9 Å². The predicted octanol–water partition coefficient (Wildman–Crippen LogP) is -3.08. The normalized spacial score (nSPS) is 30.1. The largest absolute Gasteiger partial charge is 0.394 e. The Labute approximate surface area is 111 Å². The number of hydrogen-bond donors (Lipinski definition) is 4. The first-order valence-corrected chi connectivity index (χ1v) is 5.86. The molecule has 20 heavy (non-hydrogen) atoms. The van der Waals surface area contributed by atoms with Crippen LogP contribution in [0, 0.1) is 0 Å². The summed E-state index contributed by atoms with van der Waals surface area (Å²) >= 11 is 0. The van der Waals surface area contributed by atoms with Gasteiger partial charge in [-0.2, -0.15) is 0 Å². The summed E-state index contributed by atoms with van der Waals surface area (Å²) in [6, 6.07) is 0. The van der Waals surface area contributed by atoms with E-state index in [0.717, 1.165) is 11.0 Å². The van der Waals surface area contributed by atoms with Crippen LogP contribution in [0.15, 0.2) is 17.4 Å². The van der Waals surface area contributed by atoms with Crippen molar-refractivity contribution in [2.45, 2.75) is 24.5 Å². The van der Waals surface area contributed by atoms with Crippen LogP contribution in [0.3, 0.4) is 0 Å². The molecule has 4 atom stereocenters. The summed E-state index contributed by atoms with van der Waals surface area (Å²) in [4.78, 5) is 19.6. The first-order valence-electron chi connectivity index (χ1n) is 5.86. The van der Waals surface area contributed by atoms with Gasteiger partial charge < -0.3 is 25.9 Å². The van der Waals surface area contributed by atoms with E-state index < -0.39 is 36.7 Å². The summed E-state index contributed by atoms with van der Waals surface area (Å²) in [5.74, 6) is 5.38. The van der Waals surface area contributed by atoms with Gasteiger partial charge in [-0.3, -0.25) is 9.36 Å². The van der Waals surface area contributed by atoms with E-state index in [2.05, 4.69) is 9.97 Å². The average molecular weight is 283 g/mol. The lowest BCUT2D eigenvalue weighted by molar-refractivity contribution is -0.0511. The zero-order valence-electron chi connectivity index (χ0n) is 10.2. The number of aromatic nitrogens is 4. The second kappa shape index (κ2) is 4.52. The van der Waals surface area contributed by atoms with E-state index >= 15 is 0 Å². The van der Waals surface area contributed by atoms with E-state index in [1.807, 2.05) is 0 Å². The maximum Gasteiger partial charge on any atom is 0.299 e. The number of rotatable bonds is 2. The van der Waals surface area contributed by atoms with Crippen molar-refractivity contribution in [1.29, 1.82) is 0 Å². The van der Waals surface area contributed by atoms with Gasteiger partial charge >= 0.3 is 0 Å². The van der Waals surface area contributed by atoms with Gasteiger partial charge in [-0.1, -0.05) is 0 Å². The molecule has 10 heteroatoms. The molecule has 0 unspecified atom stereocenters. The van der Waals surface area contributed by atoms with Gasteiger partial charge in [-0.05, 0) is 0 Å². The van der Waals surface area contributed by atoms with Gasteiger partial charge in [-0.25, -0.2) is 14.6 Å². The lowest BCUT2D eigenvalue weighted by Crippen LogP contribution is -2.33. The molecular weight excluding hydrogens is 270 g/mol. The van der Waals surface area contributed by atoms with Crippen molar-refractivity contribution in [3.05, 3.63) is 23.0 Å². The fourth-order valence-electron chi connectivity index (χ4n) is 2.22. The van der Waals surface area contributed by atoms with Crippen LogP contribution in [0.2, 0.25) is 0 Å². The molecule has 1 aliphatic heterocycles. The topological polar surface area (TPSA) is 149 Å². The summed E-state index contributed by atoms with van der Waals surface area (Å²) in [7, 11) is 0. The van der Waals surface area contributed by atoms with Crippen LogP contribution < -0.4 is 11.4 Å². The zero-order chi connectivity index (χ0) is 14.4. The molecule has 5 N–H and O–H groups in total. The van der Waals surface area contributed by atoms with Gasteiger partial charge in [0.2, 0.25) is 0 Å². The Morgan fingerprint density at radius 2 is 2.05 bits per heavy atom. The quantitative estimate of drug-likeness (QED) is 0.424. The van der Waals surface area contributed by atoms with Crippen molar-refractivity contribution in [3.8, 4) is 0 Å². The van der Waals surface area contributed by atoms with Crippen molar-refractivity contribution < 1.29 is 20.1 Å². The number of imidazole rings is 1. The maximum absolute atomic E-state index is 11.8. The Morgan fingerprint density at radius 1 is 1.30 bits per heavy atom. The smallest absolute Gasteiger partial charge is 0.299 e. The Bertz CT molecular complexity index is 697. The van der Waals surface area contributed by atoms with Gasteiger partial charge in [-0.15, -0.1) is 0 Å². The van der Waals surface area contributed by atoms with E-state index in [0.29, 0.717) is 0 Å². The average Bonchev–Trinajstić information content (AvgIpc) is 2.98. The number of nitrogens with two attached hydrogens (primary N) is 1. The van der Waals surface area contributed by atoms with Crippen LogP contribution in [0.5, 0.6) is 0 Å². The molecule has 0 saturated carbocycles. The molecule has 2 aromatic rings. The summed E-state index contributed by atoms with van der Waals surface area (Å²) in [6.07, 6.45) is -2.04. The minimum absolute atomic E-state index is 0.0211. The number of nitrogens with zero attached hydrogens (tertiary/aromatic N) is 4. The maximum atomic E-state index is 11.8. The van der Waals surface area contributed by atoms with Crippen LogP contribution >= 0.6 is 0 Å². The molecule has 0 spiro atoms. The molecule has 10 nitrogen and oxygen atoms in total. The predicted molar refractivity (Wildman–Crippen MR) is 64.9 cm³/mol. The molecule has 1 aliphatic rings. The van der Waals surface area contributed by atoms with Gasteiger partial charge in [0, 0.05) is 0 Å². The first kappa shape index (κ1) is 13.0. The van der Waals surface area contributed by atoms with E-state index in [-0.39, 0.29) is 11.2 Å². The molecule has 3 rings (SSSR count). The number of aliphatic hydroxyl groups excluding tert-OH is 3. The third kappa shape index (κ3) is 1.70. The molecule has 3 heterocycles. The molecule has 0 aromatic carbocycles. The molecule has 108 valence electrons. The molecule has 1 saturated heterocycles. The SMILES string of the molecule is Nn1cnc2c(ncn2[C@@H]2O[C@H](CO)[C@@H](O)[C@H]2O)c1=O. The van der Waals surface area contributed by atoms with Crippen molar-refractivity contribution in [2.75, 3.05) is 12.4 Å². The summed E-state index contributed by atoms with van der Waals surface area (Å²) in [5.41, 5.74) is -0.347. The molecule has 0 amide bonds. The monoisotopic (exact) mass is 283 g/mol. The number of ether oxygens (including phenoxy) is 1. The van der Waals surface area contributed by atoms with Crippen LogP contribution in [0.1, 0.15) is 6.23 Å². The molecular formula is C10H13N5O5. The molecule has 0 bridgehead atoms. The highest BCUT2D eigenvalue weighted by Crippen LogP contribution is 2.30. The van der Waals surface area contributed by atoms with Crippen LogP contribution in [-0.4, -0.2) is 59.4 Å². The lowest BCUT2D eigenvalue weighted by Gasteiger charge is -2.16. The molecule has 0 aliphatic carbocycles. The Kier molecular flexibility index (Phi) is 2.94. The van der Waals surface area contributed by atoms with Gasteiger partial charge in [0.1, 0.15) is 24.6 Å². The first-order chi connectivity index (χ1) is 9.54. The number of nitrogen functional groups attached to an aromatic ring is 1. The second-order valence-corrected chi connectivity index (χ2v) is 4.51. The molecule has 2 aromatic heterocycles. The highest BCUT2D eigenvalue weighted by atomic mass is 16.6. The van der Waals surface area contributed by atoms with Crippen molar-refractivity contribution in [3.63, 3.8) is 0 Å². The fourth-order valence-corrected chi connectivity index (χ4v) is 2.22. The molecule has 1 fully saturated rings. The third-order valence-corrected chi connectivity index (χ3v) is 3.30. The van der Waals surface area contributed by atoms with Crippen LogP contribution in [-0.2, 0) is 4.74 Å². The summed E-state index contributed by atoms with van der Waals surface area (Å²) < 4.78 is 7.46. The Hall–Kier alpha value is -2.01. The highest BCUT2D eigenvalue weighted by molar-refractivity contribution is 5.69. The van der Waals surface area contributed by atoms with Crippen molar-refractivity contribution in [2.24, 2.45) is 0 Å². The Balaban J connectivity index is 2.08. The van der Waals surface area contributed by atoms with E-state index in [4.69, 9.17) is 15.7 Å². The third-order valence-electron chi connectivity index (χ3n) is 3.30. The molecule has 0 radical (unpaired) electrons.